The minimum Gasteiger partial charge on any atom is -0.497 e. The summed E-state index contributed by atoms with van der Waals surface area (Å²) < 4.78 is 18.9. The van der Waals surface area contributed by atoms with Gasteiger partial charge in [-0.15, -0.1) is 0 Å². The third-order valence-electron chi connectivity index (χ3n) is 2.82. The first-order valence-electron chi connectivity index (χ1n) is 5.56. The Morgan fingerprint density at radius 1 is 1.17 bits per heavy atom. The van der Waals surface area contributed by atoms with Gasteiger partial charge in [-0.2, -0.15) is 0 Å². The van der Waals surface area contributed by atoms with Gasteiger partial charge < -0.3 is 9.72 Å². The number of nitrogens with zero attached hydrogens (tertiary/aromatic N) is 1. The lowest BCUT2D eigenvalue weighted by atomic mass is 10.2. The molecule has 1 heterocycles. The monoisotopic (exact) mass is 242 g/mol. The summed E-state index contributed by atoms with van der Waals surface area (Å²) in [5.74, 6) is 0.664. The van der Waals surface area contributed by atoms with Crippen LogP contribution in [0.3, 0.4) is 0 Å². The Kier molecular flexibility index (Phi) is 2.48. The van der Waals surface area contributed by atoms with E-state index in [0.29, 0.717) is 17.1 Å². The number of halogens is 1. The highest BCUT2D eigenvalue weighted by Crippen LogP contribution is 2.25. The Balaban J connectivity index is 2.14. The van der Waals surface area contributed by atoms with Crippen LogP contribution in [0.5, 0.6) is 5.75 Å². The van der Waals surface area contributed by atoms with Crippen molar-refractivity contribution in [1.29, 1.82) is 0 Å². The number of para-hydroxylation sites is 2. The molecule has 1 aromatic heterocycles. The van der Waals surface area contributed by atoms with Gasteiger partial charge in [-0.3, -0.25) is 0 Å². The second-order valence-corrected chi connectivity index (χ2v) is 3.95. The topological polar surface area (TPSA) is 37.9 Å². The maximum Gasteiger partial charge on any atom is 0.141 e. The molecule has 0 atom stereocenters. The number of nitrogens with one attached hydrogen (secondary N) is 1. The Hall–Kier alpha value is -2.36. The van der Waals surface area contributed by atoms with Crippen LogP contribution in [-0.2, 0) is 0 Å². The number of benzene rings is 2. The van der Waals surface area contributed by atoms with Crippen LogP contribution in [-0.4, -0.2) is 17.1 Å². The second kappa shape index (κ2) is 4.14. The third-order valence-corrected chi connectivity index (χ3v) is 2.82. The molecule has 0 saturated heterocycles. The molecule has 4 heteroatoms. The normalized spacial score (nSPS) is 10.8. The van der Waals surface area contributed by atoms with Crippen LogP contribution in [0.4, 0.5) is 4.39 Å². The zero-order valence-corrected chi connectivity index (χ0v) is 9.77. The first-order valence-corrected chi connectivity index (χ1v) is 5.56. The molecule has 3 aromatic rings. The fourth-order valence-corrected chi connectivity index (χ4v) is 1.90. The lowest BCUT2D eigenvalue weighted by Crippen LogP contribution is -1.89. The van der Waals surface area contributed by atoms with E-state index in [1.165, 1.54) is 13.2 Å². The van der Waals surface area contributed by atoms with E-state index in [1.54, 1.807) is 12.1 Å². The van der Waals surface area contributed by atoms with Gasteiger partial charge in [0.25, 0.3) is 0 Å². The summed E-state index contributed by atoms with van der Waals surface area (Å²) in [5.41, 5.74) is 2.15. The summed E-state index contributed by atoms with van der Waals surface area (Å²) in [6, 6.07) is 12.3. The number of rotatable bonds is 2. The van der Waals surface area contributed by atoms with Crippen LogP contribution in [0.1, 0.15) is 0 Å². The highest BCUT2D eigenvalue weighted by atomic mass is 19.1. The molecule has 0 bridgehead atoms. The van der Waals surface area contributed by atoms with Crippen LogP contribution >= 0.6 is 0 Å². The van der Waals surface area contributed by atoms with Gasteiger partial charge >= 0.3 is 0 Å². The molecule has 0 saturated carbocycles. The van der Waals surface area contributed by atoms with Crippen molar-refractivity contribution in [3.63, 3.8) is 0 Å². The number of hydrogen-bond acceptors (Lipinski definition) is 2. The standard InChI is InChI=1S/C14H11FN2O/c1-18-9-6-7-10(11(15)8-9)14-16-12-4-2-3-5-13(12)17-14/h2-8H,1H3,(H,16,17). The van der Waals surface area contributed by atoms with Crippen LogP contribution in [0.2, 0.25) is 0 Å². The van der Waals surface area contributed by atoms with Crippen LogP contribution in [0.25, 0.3) is 22.4 Å². The van der Waals surface area contributed by atoms with Gasteiger partial charge in [-0.05, 0) is 24.3 Å². The van der Waals surface area contributed by atoms with Crippen molar-refractivity contribution in [2.75, 3.05) is 7.11 Å². The van der Waals surface area contributed by atoms with Gasteiger partial charge in [-0.1, -0.05) is 12.1 Å². The number of imidazole rings is 1. The van der Waals surface area contributed by atoms with Crippen molar-refractivity contribution < 1.29 is 9.13 Å². The van der Waals surface area contributed by atoms with Gasteiger partial charge in [0.1, 0.15) is 17.4 Å². The van der Waals surface area contributed by atoms with Crippen LogP contribution in [0, 0.1) is 5.82 Å². The van der Waals surface area contributed by atoms with E-state index in [4.69, 9.17) is 4.74 Å². The molecule has 0 amide bonds. The maximum atomic E-state index is 13.9. The van der Waals surface area contributed by atoms with Crippen molar-refractivity contribution in [2.45, 2.75) is 0 Å². The largest absolute Gasteiger partial charge is 0.497 e. The molecule has 0 aliphatic carbocycles. The minimum atomic E-state index is -0.353. The Morgan fingerprint density at radius 3 is 2.72 bits per heavy atom. The minimum absolute atomic E-state index is 0.353. The molecule has 3 nitrogen and oxygen atoms in total. The lowest BCUT2D eigenvalue weighted by Gasteiger charge is -2.02. The van der Waals surface area contributed by atoms with Crippen molar-refractivity contribution in [3.05, 3.63) is 48.3 Å². The molecule has 0 aliphatic rings. The molecule has 2 aromatic carbocycles. The first-order chi connectivity index (χ1) is 8.78. The molecule has 0 aliphatic heterocycles. The molecule has 0 spiro atoms. The summed E-state index contributed by atoms with van der Waals surface area (Å²) in [5, 5.41) is 0. The van der Waals surface area contributed by atoms with Crippen molar-refractivity contribution in [3.8, 4) is 17.1 Å². The summed E-state index contributed by atoms with van der Waals surface area (Å²) >= 11 is 0. The van der Waals surface area contributed by atoms with Gasteiger partial charge in [0.15, 0.2) is 0 Å². The van der Waals surface area contributed by atoms with E-state index in [2.05, 4.69) is 9.97 Å². The molecule has 0 radical (unpaired) electrons. The lowest BCUT2D eigenvalue weighted by molar-refractivity contribution is 0.411. The average molecular weight is 242 g/mol. The predicted octanol–water partition coefficient (Wildman–Crippen LogP) is 3.38. The fraction of sp³-hybridized carbons (Fsp3) is 0.0714. The summed E-state index contributed by atoms with van der Waals surface area (Å²) in [4.78, 5) is 7.46. The van der Waals surface area contributed by atoms with E-state index in [1.807, 2.05) is 24.3 Å². The second-order valence-electron chi connectivity index (χ2n) is 3.95. The highest BCUT2D eigenvalue weighted by Gasteiger charge is 2.10. The van der Waals surface area contributed by atoms with Crippen molar-refractivity contribution in [2.24, 2.45) is 0 Å². The zero-order valence-electron chi connectivity index (χ0n) is 9.77. The van der Waals surface area contributed by atoms with E-state index in [-0.39, 0.29) is 5.82 Å². The molecule has 3 rings (SSSR count). The first kappa shape index (κ1) is 10.8. The number of H-pyrrole nitrogens is 1. The van der Waals surface area contributed by atoms with Crippen molar-refractivity contribution in [1.82, 2.24) is 9.97 Å². The SMILES string of the molecule is COc1ccc(-c2nc3ccccc3[nH]2)c(F)c1. The molecular weight excluding hydrogens is 231 g/mol. The van der Waals surface area contributed by atoms with E-state index in [0.717, 1.165) is 11.0 Å². The number of aromatic amines is 1. The van der Waals surface area contributed by atoms with Crippen LogP contribution in [0.15, 0.2) is 42.5 Å². The molecule has 0 fully saturated rings. The molecule has 1 N–H and O–H groups in total. The number of ether oxygens (including phenoxy) is 1. The summed E-state index contributed by atoms with van der Waals surface area (Å²) in [6.07, 6.45) is 0. The molecule has 18 heavy (non-hydrogen) atoms. The predicted molar refractivity (Wildman–Crippen MR) is 68.0 cm³/mol. The van der Waals surface area contributed by atoms with E-state index in [9.17, 15) is 4.39 Å². The highest BCUT2D eigenvalue weighted by molar-refractivity contribution is 5.79. The summed E-state index contributed by atoms with van der Waals surface area (Å²) in [6.45, 7) is 0. The van der Waals surface area contributed by atoms with Gasteiger partial charge in [0, 0.05) is 6.07 Å². The zero-order chi connectivity index (χ0) is 12.5. The smallest absolute Gasteiger partial charge is 0.141 e. The summed E-state index contributed by atoms with van der Waals surface area (Å²) in [7, 11) is 1.51. The van der Waals surface area contributed by atoms with Gasteiger partial charge in [0.2, 0.25) is 0 Å². The Bertz CT molecular complexity index is 673. The fourth-order valence-electron chi connectivity index (χ4n) is 1.90. The van der Waals surface area contributed by atoms with Crippen molar-refractivity contribution >= 4 is 11.0 Å². The number of fused-ring (bicyclic) bond motifs is 1. The number of aromatic nitrogens is 2. The Labute approximate surface area is 103 Å². The quantitative estimate of drug-likeness (QED) is 0.748. The van der Waals surface area contributed by atoms with E-state index < -0.39 is 0 Å². The number of methoxy groups -OCH3 is 1. The number of hydrogen-bond donors (Lipinski definition) is 1. The third kappa shape index (κ3) is 1.72. The van der Waals surface area contributed by atoms with Gasteiger partial charge in [-0.25, -0.2) is 9.37 Å². The average Bonchev–Trinajstić information content (AvgIpc) is 2.81. The molecular formula is C14H11FN2O. The van der Waals surface area contributed by atoms with Gasteiger partial charge in [0.05, 0.1) is 23.7 Å². The van der Waals surface area contributed by atoms with E-state index >= 15 is 0 Å². The molecule has 90 valence electrons. The maximum absolute atomic E-state index is 13.9. The Morgan fingerprint density at radius 2 is 2.00 bits per heavy atom. The van der Waals surface area contributed by atoms with Crippen LogP contribution < -0.4 is 4.74 Å². The molecule has 0 unspecified atom stereocenters.